The Morgan fingerprint density at radius 2 is 2.12 bits per heavy atom. The zero-order valence-electron chi connectivity index (χ0n) is 9.78. The number of hydrogen-bond donors (Lipinski definition) is 1. The summed E-state index contributed by atoms with van der Waals surface area (Å²) in [6.45, 7) is 5.48. The lowest BCUT2D eigenvalue weighted by molar-refractivity contribution is 0.0341. The van der Waals surface area contributed by atoms with Gasteiger partial charge in [-0.25, -0.2) is 4.98 Å². The van der Waals surface area contributed by atoms with Crippen molar-refractivity contribution in [3.63, 3.8) is 0 Å². The molecule has 6 heteroatoms. The van der Waals surface area contributed by atoms with Crippen LogP contribution in [-0.2, 0) is 4.74 Å². The van der Waals surface area contributed by atoms with Crippen LogP contribution in [0.5, 0.6) is 0 Å². The molecule has 2 rings (SSSR count). The molecule has 1 fully saturated rings. The second-order valence-corrected chi connectivity index (χ2v) is 5.12. The van der Waals surface area contributed by atoms with Crippen LogP contribution in [0.25, 0.3) is 0 Å². The second kappa shape index (κ2) is 4.88. The van der Waals surface area contributed by atoms with Crippen molar-refractivity contribution in [2.24, 2.45) is 0 Å². The van der Waals surface area contributed by atoms with Crippen molar-refractivity contribution in [2.45, 2.75) is 26.0 Å². The first kappa shape index (κ1) is 12.7. The van der Waals surface area contributed by atoms with Gasteiger partial charge in [0.05, 0.1) is 28.8 Å². The molecule has 2 N–H and O–H groups in total. The zero-order chi connectivity index (χ0) is 12.6. The van der Waals surface area contributed by atoms with Gasteiger partial charge in [-0.15, -0.1) is 0 Å². The summed E-state index contributed by atoms with van der Waals surface area (Å²) >= 11 is 12.0. The maximum atomic E-state index is 6.16. The summed E-state index contributed by atoms with van der Waals surface area (Å²) in [7, 11) is 0. The summed E-state index contributed by atoms with van der Waals surface area (Å²) in [5, 5.41) is 0.901. The van der Waals surface area contributed by atoms with Gasteiger partial charge in [0.1, 0.15) is 11.6 Å². The number of pyridine rings is 1. The Bertz CT molecular complexity index is 427. The number of halogens is 2. The largest absolute Gasteiger partial charge is 0.382 e. The molecule has 0 amide bonds. The third-order valence-corrected chi connectivity index (χ3v) is 3.40. The molecule has 1 aliphatic rings. The molecule has 1 saturated heterocycles. The summed E-state index contributed by atoms with van der Waals surface area (Å²) < 4.78 is 5.57. The fraction of sp³-hybridized carbons (Fsp3) is 0.545. The van der Waals surface area contributed by atoms with E-state index in [1.54, 1.807) is 6.07 Å². The molecule has 17 heavy (non-hydrogen) atoms. The van der Waals surface area contributed by atoms with Crippen LogP contribution in [-0.4, -0.2) is 30.3 Å². The smallest absolute Gasteiger partial charge is 0.150 e. The molecule has 1 aromatic rings. The monoisotopic (exact) mass is 275 g/mol. The number of hydrogen-bond acceptors (Lipinski definition) is 4. The highest BCUT2D eigenvalue weighted by molar-refractivity contribution is 6.37. The number of anilines is 2. The van der Waals surface area contributed by atoms with Crippen molar-refractivity contribution in [3.05, 3.63) is 16.1 Å². The van der Waals surface area contributed by atoms with Crippen molar-refractivity contribution in [1.82, 2.24) is 4.98 Å². The van der Waals surface area contributed by atoms with Gasteiger partial charge in [0.15, 0.2) is 0 Å². The lowest BCUT2D eigenvalue weighted by atomic mass is 10.2. The normalized spacial score (nSPS) is 25.1. The predicted molar refractivity (Wildman–Crippen MR) is 70.9 cm³/mol. The Hall–Kier alpha value is -0.710. The van der Waals surface area contributed by atoms with Gasteiger partial charge in [0.2, 0.25) is 0 Å². The Morgan fingerprint density at radius 1 is 1.41 bits per heavy atom. The van der Waals surface area contributed by atoms with Gasteiger partial charge in [-0.2, -0.15) is 0 Å². The molecule has 1 aliphatic heterocycles. The van der Waals surface area contributed by atoms with E-state index in [4.69, 9.17) is 33.7 Å². The van der Waals surface area contributed by atoms with Crippen LogP contribution < -0.4 is 10.6 Å². The van der Waals surface area contributed by atoms with Crippen molar-refractivity contribution in [3.8, 4) is 0 Å². The SMILES string of the molecule is CC1CN(c2nc(N)c(Cl)cc2Cl)C(C)CO1. The predicted octanol–water partition coefficient (Wildman–Crippen LogP) is 2.58. The van der Waals surface area contributed by atoms with E-state index < -0.39 is 0 Å². The average molecular weight is 276 g/mol. The minimum absolute atomic E-state index is 0.154. The van der Waals surface area contributed by atoms with Crippen LogP contribution >= 0.6 is 23.2 Å². The Balaban J connectivity index is 2.35. The van der Waals surface area contributed by atoms with E-state index in [-0.39, 0.29) is 12.1 Å². The van der Waals surface area contributed by atoms with Gasteiger partial charge in [-0.1, -0.05) is 23.2 Å². The highest BCUT2D eigenvalue weighted by Gasteiger charge is 2.26. The van der Waals surface area contributed by atoms with Crippen LogP contribution in [0, 0.1) is 0 Å². The summed E-state index contributed by atoms with van der Waals surface area (Å²) in [6.07, 6.45) is 0.154. The fourth-order valence-corrected chi connectivity index (χ4v) is 2.34. The topological polar surface area (TPSA) is 51.4 Å². The Labute approximate surface area is 111 Å². The lowest BCUT2D eigenvalue weighted by Gasteiger charge is -2.38. The first-order chi connectivity index (χ1) is 7.99. The first-order valence-corrected chi connectivity index (χ1v) is 6.24. The molecule has 2 heterocycles. The molecule has 94 valence electrons. The zero-order valence-corrected chi connectivity index (χ0v) is 11.3. The van der Waals surface area contributed by atoms with Crippen LogP contribution in [0.2, 0.25) is 10.0 Å². The summed E-state index contributed by atoms with van der Waals surface area (Å²) in [5.41, 5.74) is 5.72. The third kappa shape index (κ3) is 2.59. The second-order valence-electron chi connectivity index (χ2n) is 4.31. The lowest BCUT2D eigenvalue weighted by Crippen LogP contribution is -2.48. The van der Waals surface area contributed by atoms with E-state index in [9.17, 15) is 0 Å². The molecule has 2 unspecified atom stereocenters. The van der Waals surface area contributed by atoms with Gasteiger partial charge in [-0.05, 0) is 19.9 Å². The van der Waals surface area contributed by atoms with Crippen molar-refractivity contribution in [2.75, 3.05) is 23.8 Å². The van der Waals surface area contributed by atoms with E-state index in [1.807, 2.05) is 6.92 Å². The molecule has 0 spiro atoms. The molecular formula is C11H15Cl2N3O. The fourth-order valence-electron chi connectivity index (χ4n) is 1.87. The molecule has 1 aromatic heterocycles. The Morgan fingerprint density at radius 3 is 2.82 bits per heavy atom. The minimum atomic E-state index is 0.154. The quantitative estimate of drug-likeness (QED) is 0.856. The average Bonchev–Trinajstić information content (AvgIpc) is 2.27. The van der Waals surface area contributed by atoms with Crippen molar-refractivity contribution >= 4 is 34.8 Å². The molecule has 0 radical (unpaired) electrons. The van der Waals surface area contributed by atoms with Gasteiger partial charge in [0, 0.05) is 6.54 Å². The number of morpholine rings is 1. The number of aromatic nitrogens is 1. The molecule has 0 aliphatic carbocycles. The van der Waals surface area contributed by atoms with E-state index in [2.05, 4.69) is 16.8 Å². The highest BCUT2D eigenvalue weighted by atomic mass is 35.5. The summed E-state index contributed by atoms with van der Waals surface area (Å²) in [5.74, 6) is 0.980. The minimum Gasteiger partial charge on any atom is -0.382 e. The van der Waals surface area contributed by atoms with E-state index in [0.717, 1.165) is 6.54 Å². The molecule has 0 bridgehead atoms. The summed E-state index contributed by atoms with van der Waals surface area (Å²) in [6, 6.07) is 1.85. The number of nitrogens with zero attached hydrogens (tertiary/aromatic N) is 2. The maximum absolute atomic E-state index is 6.16. The third-order valence-electron chi connectivity index (χ3n) is 2.82. The van der Waals surface area contributed by atoms with E-state index >= 15 is 0 Å². The molecule has 0 aromatic carbocycles. The molecule has 4 nitrogen and oxygen atoms in total. The van der Waals surface area contributed by atoms with Crippen LogP contribution in [0.4, 0.5) is 11.6 Å². The number of nitrogen functional groups attached to an aromatic ring is 1. The van der Waals surface area contributed by atoms with Gasteiger partial charge in [-0.3, -0.25) is 0 Å². The van der Waals surface area contributed by atoms with E-state index in [1.165, 1.54) is 0 Å². The molecule has 2 atom stereocenters. The van der Waals surface area contributed by atoms with Crippen molar-refractivity contribution in [1.29, 1.82) is 0 Å². The van der Waals surface area contributed by atoms with Crippen LogP contribution in [0.1, 0.15) is 13.8 Å². The molecule has 0 saturated carbocycles. The van der Waals surface area contributed by atoms with Gasteiger partial charge >= 0.3 is 0 Å². The van der Waals surface area contributed by atoms with Crippen LogP contribution in [0.3, 0.4) is 0 Å². The highest BCUT2D eigenvalue weighted by Crippen LogP contribution is 2.32. The van der Waals surface area contributed by atoms with Crippen molar-refractivity contribution < 1.29 is 4.74 Å². The number of rotatable bonds is 1. The molecular weight excluding hydrogens is 261 g/mol. The maximum Gasteiger partial charge on any atom is 0.150 e. The van der Waals surface area contributed by atoms with Gasteiger partial charge in [0.25, 0.3) is 0 Å². The van der Waals surface area contributed by atoms with Gasteiger partial charge < -0.3 is 15.4 Å². The first-order valence-electron chi connectivity index (χ1n) is 5.48. The Kier molecular flexibility index (Phi) is 3.66. The standard InChI is InChI=1S/C11H15Cl2N3O/c1-6-5-17-7(2)4-16(6)11-9(13)3-8(12)10(14)15-11/h3,6-7H,4-5H2,1-2H3,(H2,14,15). The number of ether oxygens (including phenoxy) is 1. The van der Waals surface area contributed by atoms with E-state index in [0.29, 0.717) is 28.3 Å². The number of nitrogens with two attached hydrogens (primary N) is 1. The van der Waals surface area contributed by atoms with Crippen LogP contribution in [0.15, 0.2) is 6.07 Å². The summed E-state index contributed by atoms with van der Waals surface area (Å²) in [4.78, 5) is 6.37.